The summed E-state index contributed by atoms with van der Waals surface area (Å²) in [7, 11) is -2.23. The number of ether oxygens (including phenoxy) is 2. The number of rotatable bonds is 5. The fourth-order valence-corrected chi connectivity index (χ4v) is 4.40. The van der Waals surface area contributed by atoms with Crippen molar-refractivity contribution in [3.63, 3.8) is 0 Å². The summed E-state index contributed by atoms with van der Waals surface area (Å²) in [6.45, 7) is 1.05. The molecule has 116 valence electrons. The second kappa shape index (κ2) is 5.21. The monoisotopic (exact) mass is 332 g/mol. The van der Waals surface area contributed by atoms with Crippen molar-refractivity contribution in [3.05, 3.63) is 11.6 Å². The summed E-state index contributed by atoms with van der Waals surface area (Å²) in [5.74, 6) is -0.0107. The Bertz CT molecular complexity index is 745. The van der Waals surface area contributed by atoms with Crippen LogP contribution in [0, 0.1) is 0 Å². The van der Waals surface area contributed by atoms with E-state index in [2.05, 4.69) is 9.71 Å². The van der Waals surface area contributed by atoms with Gasteiger partial charge in [0.1, 0.15) is 5.60 Å². The lowest BCUT2D eigenvalue weighted by Crippen LogP contribution is -2.45. The molecule has 1 aliphatic rings. The van der Waals surface area contributed by atoms with Crippen molar-refractivity contribution in [2.75, 3.05) is 32.6 Å². The third-order valence-electron chi connectivity index (χ3n) is 3.58. The first-order valence-corrected chi connectivity index (χ1v) is 8.67. The Balaban J connectivity index is 1.87. The second-order valence-corrected chi connectivity index (χ2v) is 7.43. The predicted molar refractivity (Wildman–Crippen MR) is 77.8 cm³/mol. The van der Waals surface area contributed by atoms with E-state index in [9.17, 15) is 8.42 Å². The molecular weight excluding hydrogens is 316 g/mol. The average Bonchev–Trinajstić information content (AvgIpc) is 3.11. The quantitative estimate of drug-likeness (QED) is 0.802. The van der Waals surface area contributed by atoms with Gasteiger partial charge in [-0.3, -0.25) is 4.40 Å². The first-order valence-electron chi connectivity index (χ1n) is 6.31. The van der Waals surface area contributed by atoms with Gasteiger partial charge in [-0.1, -0.05) is 0 Å². The Morgan fingerprint density at radius 1 is 1.67 bits per heavy atom. The first-order chi connectivity index (χ1) is 9.97. The van der Waals surface area contributed by atoms with Crippen LogP contribution in [0.2, 0.25) is 0 Å². The lowest BCUT2D eigenvalue weighted by Gasteiger charge is -2.25. The average molecular weight is 332 g/mol. The summed E-state index contributed by atoms with van der Waals surface area (Å²) in [6, 6.07) is 0. The van der Waals surface area contributed by atoms with Gasteiger partial charge in [-0.2, -0.15) is 0 Å². The largest absolute Gasteiger partial charge is 0.381 e. The van der Waals surface area contributed by atoms with Crippen LogP contribution < -0.4 is 10.5 Å². The van der Waals surface area contributed by atoms with Crippen molar-refractivity contribution in [1.29, 1.82) is 0 Å². The molecule has 0 radical (unpaired) electrons. The molecule has 2 aromatic heterocycles. The van der Waals surface area contributed by atoms with Crippen molar-refractivity contribution in [2.24, 2.45) is 0 Å². The van der Waals surface area contributed by atoms with Crippen molar-refractivity contribution in [2.45, 2.75) is 17.0 Å². The zero-order valence-corrected chi connectivity index (χ0v) is 13.0. The molecule has 21 heavy (non-hydrogen) atoms. The highest BCUT2D eigenvalue weighted by molar-refractivity contribution is 7.89. The van der Waals surface area contributed by atoms with Crippen LogP contribution in [0.25, 0.3) is 4.96 Å². The number of methoxy groups -OCH3 is 1. The van der Waals surface area contributed by atoms with Crippen LogP contribution in [0.3, 0.4) is 0 Å². The molecule has 2 aromatic rings. The molecule has 3 rings (SSSR count). The van der Waals surface area contributed by atoms with E-state index in [-0.39, 0.29) is 17.4 Å². The fraction of sp³-hybridized carbons (Fsp3) is 0.545. The van der Waals surface area contributed by atoms with Crippen LogP contribution >= 0.6 is 11.3 Å². The zero-order valence-electron chi connectivity index (χ0n) is 11.4. The summed E-state index contributed by atoms with van der Waals surface area (Å²) in [4.78, 5) is 4.58. The van der Waals surface area contributed by atoms with Gasteiger partial charge in [-0.25, -0.2) is 18.1 Å². The van der Waals surface area contributed by atoms with Crippen LogP contribution in [-0.4, -0.2) is 50.3 Å². The van der Waals surface area contributed by atoms with Crippen molar-refractivity contribution in [1.82, 2.24) is 14.1 Å². The maximum Gasteiger partial charge on any atom is 0.260 e. The molecular formula is C11H16N4O4S2. The van der Waals surface area contributed by atoms with E-state index >= 15 is 0 Å². The number of imidazole rings is 1. The van der Waals surface area contributed by atoms with Gasteiger partial charge in [0, 0.05) is 38.3 Å². The molecule has 1 unspecified atom stereocenters. The number of thiazole rings is 1. The van der Waals surface area contributed by atoms with Gasteiger partial charge < -0.3 is 15.2 Å². The van der Waals surface area contributed by atoms with Crippen LogP contribution in [0.15, 0.2) is 16.6 Å². The fourth-order valence-electron chi connectivity index (χ4n) is 2.30. The van der Waals surface area contributed by atoms with E-state index in [0.717, 1.165) is 0 Å². The Morgan fingerprint density at radius 3 is 3.14 bits per heavy atom. The standard InChI is InChI=1S/C11H16N4O4S2/c1-18-11(2-4-19-7-11)6-13-21(16,17)9-8(12)14-10-15(9)3-5-20-10/h3,5,13H,2,4,6-7,12H2,1H3. The number of hydrogen-bond donors (Lipinski definition) is 2. The highest BCUT2D eigenvalue weighted by Crippen LogP contribution is 2.25. The third-order valence-corrected chi connectivity index (χ3v) is 5.78. The molecule has 1 aliphatic heterocycles. The summed E-state index contributed by atoms with van der Waals surface area (Å²) in [5.41, 5.74) is 5.11. The number of nitrogens with zero attached hydrogens (tertiary/aromatic N) is 2. The molecule has 0 saturated carbocycles. The molecule has 10 heteroatoms. The van der Waals surface area contributed by atoms with Crippen molar-refractivity contribution >= 4 is 32.1 Å². The van der Waals surface area contributed by atoms with Gasteiger partial charge in [0.2, 0.25) is 0 Å². The lowest BCUT2D eigenvalue weighted by molar-refractivity contribution is -0.0120. The number of anilines is 1. The highest BCUT2D eigenvalue weighted by atomic mass is 32.2. The number of nitrogens with two attached hydrogens (primary N) is 1. The molecule has 0 bridgehead atoms. The minimum atomic E-state index is -3.78. The molecule has 0 amide bonds. The summed E-state index contributed by atoms with van der Waals surface area (Å²) in [6.07, 6.45) is 2.27. The molecule has 8 nitrogen and oxygen atoms in total. The summed E-state index contributed by atoms with van der Waals surface area (Å²) < 4.78 is 39.7. The van der Waals surface area contributed by atoms with Crippen LogP contribution in [0.1, 0.15) is 6.42 Å². The van der Waals surface area contributed by atoms with Gasteiger partial charge in [-0.15, -0.1) is 11.3 Å². The van der Waals surface area contributed by atoms with Gasteiger partial charge >= 0.3 is 0 Å². The predicted octanol–water partition coefficient (Wildman–Crippen LogP) is 0.0618. The zero-order chi connectivity index (χ0) is 15.1. The molecule has 0 spiro atoms. The normalized spacial score (nSPS) is 23.1. The minimum Gasteiger partial charge on any atom is -0.381 e. The Labute approximate surface area is 125 Å². The van der Waals surface area contributed by atoms with Gasteiger partial charge in [0.25, 0.3) is 10.0 Å². The SMILES string of the molecule is COC1(CNS(=O)(=O)c2c(N)nc3sccn23)CCOC1. The van der Waals surface area contributed by atoms with E-state index in [1.54, 1.807) is 18.7 Å². The highest BCUT2D eigenvalue weighted by Gasteiger charge is 2.37. The second-order valence-electron chi connectivity index (χ2n) is 4.87. The van der Waals surface area contributed by atoms with Crippen LogP contribution in [0.4, 0.5) is 5.82 Å². The van der Waals surface area contributed by atoms with E-state index in [0.29, 0.717) is 24.6 Å². The van der Waals surface area contributed by atoms with Gasteiger partial charge in [0.15, 0.2) is 15.8 Å². The Kier molecular flexibility index (Phi) is 3.66. The number of nitrogens with one attached hydrogen (secondary N) is 1. The van der Waals surface area contributed by atoms with E-state index in [1.807, 2.05) is 0 Å². The first kappa shape index (κ1) is 14.7. The van der Waals surface area contributed by atoms with Gasteiger partial charge in [-0.05, 0) is 0 Å². The molecule has 1 saturated heterocycles. The molecule has 1 fully saturated rings. The number of fused-ring (bicyclic) bond motifs is 1. The Hall–Kier alpha value is -1.20. The minimum absolute atomic E-state index is 0.0107. The van der Waals surface area contributed by atoms with E-state index in [4.69, 9.17) is 15.2 Å². The number of hydrogen-bond acceptors (Lipinski definition) is 7. The maximum atomic E-state index is 12.5. The number of aromatic nitrogens is 2. The topological polar surface area (TPSA) is 108 Å². The van der Waals surface area contributed by atoms with Crippen molar-refractivity contribution < 1.29 is 17.9 Å². The molecule has 0 aromatic carbocycles. The Morgan fingerprint density at radius 2 is 2.48 bits per heavy atom. The number of sulfonamides is 1. The van der Waals surface area contributed by atoms with E-state index < -0.39 is 15.6 Å². The van der Waals surface area contributed by atoms with Crippen LogP contribution in [-0.2, 0) is 19.5 Å². The van der Waals surface area contributed by atoms with E-state index in [1.165, 1.54) is 15.7 Å². The third kappa shape index (κ3) is 2.53. The molecule has 3 heterocycles. The van der Waals surface area contributed by atoms with Gasteiger partial charge in [0.05, 0.1) is 6.61 Å². The molecule has 1 atom stereocenters. The summed E-state index contributed by atoms with van der Waals surface area (Å²) >= 11 is 1.32. The lowest BCUT2D eigenvalue weighted by atomic mass is 10.0. The smallest absolute Gasteiger partial charge is 0.260 e. The molecule has 3 N–H and O–H groups in total. The number of nitrogen functional groups attached to an aromatic ring is 1. The maximum absolute atomic E-state index is 12.5. The van der Waals surface area contributed by atoms with Crippen LogP contribution in [0.5, 0.6) is 0 Å². The summed E-state index contributed by atoms with van der Waals surface area (Å²) in [5, 5.41) is 1.71. The molecule has 0 aliphatic carbocycles. The van der Waals surface area contributed by atoms with Crippen molar-refractivity contribution in [3.8, 4) is 0 Å².